The molecule has 0 fully saturated rings. The van der Waals surface area contributed by atoms with E-state index in [1.807, 2.05) is 0 Å². The third-order valence-corrected chi connectivity index (χ3v) is 2.47. The smallest absolute Gasteiger partial charge is 0.319 e. The van der Waals surface area contributed by atoms with Crippen LogP contribution >= 0.6 is 0 Å². The Balaban J connectivity index is 3.58. The first-order valence-electron chi connectivity index (χ1n) is 6.67. The number of rotatable bonds is 11. The highest BCUT2D eigenvalue weighted by molar-refractivity contribution is 5.78. The predicted octanol–water partition coefficient (Wildman–Crippen LogP) is 0.760. The summed E-state index contributed by atoms with van der Waals surface area (Å²) in [5.74, 6) is 1.62. The van der Waals surface area contributed by atoms with Crippen molar-refractivity contribution in [2.75, 3.05) is 19.6 Å². The Morgan fingerprint density at radius 1 is 1.21 bits per heavy atom. The highest BCUT2D eigenvalue weighted by Gasteiger charge is 2.04. The van der Waals surface area contributed by atoms with Crippen LogP contribution in [0.1, 0.15) is 39.0 Å². The topological polar surface area (TPSA) is 87.3 Å². The Bertz CT molecular complexity index is 312. The van der Waals surface area contributed by atoms with Crippen molar-refractivity contribution >= 4 is 18.3 Å². The van der Waals surface area contributed by atoms with Crippen molar-refractivity contribution in [3.8, 4) is 0 Å². The maximum absolute atomic E-state index is 11.4. The Hall–Kier alpha value is -1.65. The number of allylic oxidation sites excluding steroid dienone is 1. The van der Waals surface area contributed by atoms with Crippen LogP contribution in [0.2, 0.25) is 0 Å². The standard InChI is InChI=1S/C13H23N3O3/c1-2-14-8-4-3-5-9-15-13(19)16-12(11-18)7-6-10-17/h10,14H,2-9H2,1H3,(H2,15,16,19). The second-order valence-corrected chi connectivity index (χ2v) is 4.08. The molecule has 0 saturated carbocycles. The zero-order chi connectivity index (χ0) is 14.3. The first-order valence-corrected chi connectivity index (χ1v) is 6.67. The lowest BCUT2D eigenvalue weighted by molar-refractivity contribution is -0.107. The first-order chi connectivity index (χ1) is 9.24. The summed E-state index contributed by atoms with van der Waals surface area (Å²) in [7, 11) is 0. The molecule has 19 heavy (non-hydrogen) atoms. The molecule has 0 aliphatic heterocycles. The van der Waals surface area contributed by atoms with E-state index in [0.29, 0.717) is 12.8 Å². The molecule has 0 spiro atoms. The van der Waals surface area contributed by atoms with E-state index in [1.165, 1.54) is 0 Å². The van der Waals surface area contributed by atoms with Crippen molar-refractivity contribution in [2.24, 2.45) is 0 Å². The maximum Gasteiger partial charge on any atom is 0.319 e. The molecule has 0 aliphatic carbocycles. The molecular weight excluding hydrogens is 246 g/mol. The lowest BCUT2D eigenvalue weighted by Crippen LogP contribution is -2.35. The van der Waals surface area contributed by atoms with Gasteiger partial charge in [-0.3, -0.25) is 0 Å². The summed E-state index contributed by atoms with van der Waals surface area (Å²) < 4.78 is 0. The molecule has 0 aromatic carbocycles. The van der Waals surface area contributed by atoms with E-state index in [9.17, 15) is 14.4 Å². The molecule has 0 aromatic rings. The number of carbonyl (C=O) groups is 2. The molecule has 6 heteroatoms. The van der Waals surface area contributed by atoms with Gasteiger partial charge in [-0.25, -0.2) is 9.59 Å². The number of hydrogen-bond donors (Lipinski definition) is 3. The van der Waals surface area contributed by atoms with Gasteiger partial charge in [0.1, 0.15) is 17.9 Å². The van der Waals surface area contributed by atoms with Gasteiger partial charge in [0.25, 0.3) is 0 Å². The second kappa shape index (κ2) is 12.8. The third-order valence-electron chi connectivity index (χ3n) is 2.47. The van der Waals surface area contributed by atoms with Gasteiger partial charge in [0.15, 0.2) is 0 Å². The van der Waals surface area contributed by atoms with Crippen LogP contribution in [-0.4, -0.2) is 37.9 Å². The van der Waals surface area contributed by atoms with Crippen molar-refractivity contribution in [3.63, 3.8) is 0 Å². The van der Waals surface area contributed by atoms with Gasteiger partial charge < -0.3 is 20.7 Å². The Morgan fingerprint density at radius 2 is 1.95 bits per heavy atom. The zero-order valence-electron chi connectivity index (χ0n) is 11.5. The fraction of sp³-hybridized carbons (Fsp3) is 0.692. The quantitative estimate of drug-likeness (QED) is 0.293. The van der Waals surface area contributed by atoms with Crippen molar-refractivity contribution in [3.05, 3.63) is 5.70 Å². The summed E-state index contributed by atoms with van der Waals surface area (Å²) in [4.78, 5) is 32.0. The summed E-state index contributed by atoms with van der Waals surface area (Å²) in [6.45, 7) is 4.60. The number of urea groups is 1. The maximum atomic E-state index is 11.4. The van der Waals surface area contributed by atoms with Crippen LogP contribution in [-0.2, 0) is 9.59 Å². The highest BCUT2D eigenvalue weighted by Crippen LogP contribution is 1.95. The number of amides is 2. The van der Waals surface area contributed by atoms with Gasteiger partial charge in [-0.2, -0.15) is 0 Å². The summed E-state index contributed by atoms with van der Waals surface area (Å²) in [5.41, 5.74) is 0.108. The molecule has 0 unspecified atom stereocenters. The monoisotopic (exact) mass is 269 g/mol. The summed E-state index contributed by atoms with van der Waals surface area (Å²) in [5, 5.41) is 8.27. The van der Waals surface area contributed by atoms with E-state index < -0.39 is 6.03 Å². The van der Waals surface area contributed by atoms with Crippen LogP contribution in [0, 0.1) is 0 Å². The van der Waals surface area contributed by atoms with Crippen LogP contribution in [0.15, 0.2) is 5.70 Å². The second-order valence-electron chi connectivity index (χ2n) is 4.08. The van der Waals surface area contributed by atoms with Crippen molar-refractivity contribution in [1.82, 2.24) is 16.0 Å². The van der Waals surface area contributed by atoms with E-state index in [2.05, 4.69) is 22.9 Å². The Morgan fingerprint density at radius 3 is 2.58 bits per heavy atom. The van der Waals surface area contributed by atoms with E-state index in [-0.39, 0.29) is 18.5 Å². The molecule has 0 aliphatic rings. The molecule has 2 amide bonds. The van der Waals surface area contributed by atoms with Gasteiger partial charge in [0, 0.05) is 19.4 Å². The van der Waals surface area contributed by atoms with Gasteiger partial charge in [0.05, 0.1) is 0 Å². The Kier molecular flexibility index (Phi) is 11.7. The largest absolute Gasteiger partial charge is 0.338 e. The average molecular weight is 269 g/mol. The molecule has 0 aromatic heterocycles. The van der Waals surface area contributed by atoms with E-state index in [4.69, 9.17) is 0 Å². The van der Waals surface area contributed by atoms with Crippen molar-refractivity contribution in [2.45, 2.75) is 39.0 Å². The van der Waals surface area contributed by atoms with Crippen LogP contribution < -0.4 is 16.0 Å². The number of unbranched alkanes of at least 4 members (excludes halogenated alkanes) is 2. The molecule has 0 heterocycles. The van der Waals surface area contributed by atoms with Gasteiger partial charge in [-0.1, -0.05) is 13.3 Å². The molecule has 6 nitrogen and oxygen atoms in total. The zero-order valence-corrected chi connectivity index (χ0v) is 11.5. The van der Waals surface area contributed by atoms with Gasteiger partial charge in [0.2, 0.25) is 0 Å². The van der Waals surface area contributed by atoms with Gasteiger partial charge >= 0.3 is 6.03 Å². The Labute approximate surface area is 114 Å². The predicted molar refractivity (Wildman–Crippen MR) is 73.4 cm³/mol. The lowest BCUT2D eigenvalue weighted by Gasteiger charge is -2.07. The molecule has 3 N–H and O–H groups in total. The molecule has 0 radical (unpaired) electrons. The summed E-state index contributed by atoms with van der Waals surface area (Å²) in [6, 6.07) is -0.420. The fourth-order valence-electron chi connectivity index (χ4n) is 1.45. The number of hydrogen-bond acceptors (Lipinski definition) is 4. The molecular formula is C13H23N3O3. The van der Waals surface area contributed by atoms with Crippen molar-refractivity contribution < 1.29 is 14.4 Å². The van der Waals surface area contributed by atoms with Crippen LogP contribution in [0.3, 0.4) is 0 Å². The van der Waals surface area contributed by atoms with E-state index >= 15 is 0 Å². The molecule has 0 saturated heterocycles. The number of aldehydes is 1. The fourth-order valence-corrected chi connectivity index (χ4v) is 1.45. The molecule has 0 rings (SSSR count). The van der Waals surface area contributed by atoms with Crippen LogP contribution in [0.25, 0.3) is 0 Å². The van der Waals surface area contributed by atoms with E-state index in [1.54, 1.807) is 5.94 Å². The molecule has 0 bridgehead atoms. The number of carbonyl (C=O) groups excluding carboxylic acids is 3. The van der Waals surface area contributed by atoms with Gasteiger partial charge in [-0.15, -0.1) is 0 Å². The lowest BCUT2D eigenvalue weighted by atomic mass is 10.2. The molecule has 108 valence electrons. The van der Waals surface area contributed by atoms with Crippen LogP contribution in [0.4, 0.5) is 4.79 Å². The number of nitrogens with one attached hydrogen (secondary N) is 3. The third kappa shape index (κ3) is 11.2. The minimum atomic E-state index is -0.420. The van der Waals surface area contributed by atoms with Gasteiger partial charge in [-0.05, 0) is 25.9 Å². The van der Waals surface area contributed by atoms with Crippen molar-refractivity contribution in [1.29, 1.82) is 0 Å². The highest BCUT2D eigenvalue weighted by atomic mass is 16.2. The SMILES string of the molecule is CCNCCCCCNC(=O)NC(=C=O)CCC=O. The summed E-state index contributed by atoms with van der Waals surface area (Å²) >= 11 is 0. The van der Waals surface area contributed by atoms with E-state index in [0.717, 1.165) is 32.4 Å². The normalized spacial score (nSPS) is 9.53. The molecule has 0 atom stereocenters. The van der Waals surface area contributed by atoms with Crippen LogP contribution in [0.5, 0.6) is 0 Å². The first kappa shape index (κ1) is 17.4. The summed E-state index contributed by atoms with van der Waals surface area (Å²) in [6.07, 6.45) is 4.12. The minimum absolute atomic E-state index is 0.108. The minimum Gasteiger partial charge on any atom is -0.338 e. The average Bonchev–Trinajstić information content (AvgIpc) is 2.42.